The molecule has 19 heavy (non-hydrogen) atoms. The quantitative estimate of drug-likeness (QED) is 0.642. The molecule has 0 fully saturated rings. The van der Waals surface area contributed by atoms with Crippen LogP contribution in [0.3, 0.4) is 0 Å². The zero-order valence-electron chi connectivity index (χ0n) is 9.92. The average Bonchev–Trinajstić information content (AvgIpc) is 2.83. The van der Waals surface area contributed by atoms with Crippen molar-refractivity contribution in [2.24, 2.45) is 0 Å². The summed E-state index contributed by atoms with van der Waals surface area (Å²) in [6.45, 7) is 0. The summed E-state index contributed by atoms with van der Waals surface area (Å²) in [5.41, 5.74) is 8.60. The van der Waals surface area contributed by atoms with Crippen molar-refractivity contribution in [3.05, 3.63) is 52.8 Å². The van der Waals surface area contributed by atoms with Crippen LogP contribution in [0.5, 0.6) is 0 Å². The highest BCUT2D eigenvalue weighted by molar-refractivity contribution is 5.85. The van der Waals surface area contributed by atoms with Gasteiger partial charge in [0.25, 0.3) is 5.56 Å². The number of nitrogens with two attached hydrogens (primary N) is 1. The summed E-state index contributed by atoms with van der Waals surface area (Å²) in [4.78, 5) is 11.1. The number of aromatic amines is 2. The molecule has 3 rings (SSSR count). The Hall–Kier alpha value is -2.89. The van der Waals surface area contributed by atoms with E-state index in [4.69, 9.17) is 5.73 Å². The van der Waals surface area contributed by atoms with E-state index in [-0.39, 0.29) is 5.56 Å². The van der Waals surface area contributed by atoms with Gasteiger partial charge in [0.2, 0.25) is 0 Å². The molecular formula is C13H11N5O. The molecule has 0 bridgehead atoms. The van der Waals surface area contributed by atoms with E-state index in [2.05, 4.69) is 20.4 Å². The van der Waals surface area contributed by atoms with E-state index in [1.54, 1.807) is 6.07 Å². The van der Waals surface area contributed by atoms with Crippen molar-refractivity contribution in [1.29, 1.82) is 0 Å². The predicted octanol–water partition coefficient (Wildman–Crippen LogP) is 1.41. The molecule has 94 valence electrons. The fraction of sp³-hybridized carbons (Fsp3) is 0. The molecule has 2 aromatic heterocycles. The maximum absolute atomic E-state index is 11.1. The van der Waals surface area contributed by atoms with Crippen molar-refractivity contribution < 1.29 is 0 Å². The Balaban J connectivity index is 2.19. The summed E-state index contributed by atoms with van der Waals surface area (Å²) < 4.78 is 0. The second kappa shape index (κ2) is 4.41. The molecule has 0 atom stereocenters. The van der Waals surface area contributed by atoms with E-state index in [1.165, 1.54) is 6.07 Å². The monoisotopic (exact) mass is 253 g/mol. The van der Waals surface area contributed by atoms with E-state index in [1.807, 2.05) is 30.3 Å². The molecule has 0 aliphatic heterocycles. The standard InChI is InChI=1S/C13H11N5O/c14-13-11(9-6-7-10(19)16-15-9)12(17-18-13)8-4-2-1-3-5-8/h1-7H,(H,16,19)(H3,14,17,18). The number of aromatic nitrogens is 4. The minimum absolute atomic E-state index is 0.257. The van der Waals surface area contributed by atoms with Gasteiger partial charge in [-0.1, -0.05) is 30.3 Å². The van der Waals surface area contributed by atoms with Crippen molar-refractivity contribution >= 4 is 5.82 Å². The Labute approximate surface area is 108 Å². The van der Waals surface area contributed by atoms with E-state index in [9.17, 15) is 4.79 Å². The number of hydrogen-bond acceptors (Lipinski definition) is 4. The molecule has 1 aromatic carbocycles. The molecule has 6 heteroatoms. The Morgan fingerprint density at radius 2 is 1.74 bits per heavy atom. The van der Waals surface area contributed by atoms with Crippen molar-refractivity contribution in [2.75, 3.05) is 5.73 Å². The largest absolute Gasteiger partial charge is 0.382 e. The van der Waals surface area contributed by atoms with Crippen LogP contribution in [0.4, 0.5) is 5.82 Å². The molecule has 0 saturated carbocycles. The number of nitrogens with zero attached hydrogens (tertiary/aromatic N) is 2. The normalized spacial score (nSPS) is 10.5. The first-order valence-electron chi connectivity index (χ1n) is 5.71. The lowest BCUT2D eigenvalue weighted by Crippen LogP contribution is -2.06. The summed E-state index contributed by atoms with van der Waals surface area (Å²) >= 11 is 0. The van der Waals surface area contributed by atoms with Gasteiger partial charge in [-0.2, -0.15) is 10.2 Å². The topological polar surface area (TPSA) is 100 Å². The lowest BCUT2D eigenvalue weighted by Gasteiger charge is -2.03. The molecule has 0 unspecified atom stereocenters. The van der Waals surface area contributed by atoms with Crippen LogP contribution in [0.2, 0.25) is 0 Å². The first kappa shape index (κ1) is 11.2. The highest BCUT2D eigenvalue weighted by Gasteiger charge is 2.15. The van der Waals surface area contributed by atoms with Crippen LogP contribution in [0.15, 0.2) is 47.3 Å². The van der Waals surface area contributed by atoms with Crippen LogP contribution in [-0.4, -0.2) is 20.4 Å². The Morgan fingerprint density at radius 1 is 0.947 bits per heavy atom. The summed E-state index contributed by atoms with van der Waals surface area (Å²) in [5.74, 6) is 0.346. The number of nitrogens with one attached hydrogen (secondary N) is 2. The third-order valence-electron chi connectivity index (χ3n) is 2.79. The van der Waals surface area contributed by atoms with E-state index in [0.717, 1.165) is 11.3 Å². The van der Waals surface area contributed by atoms with Crippen molar-refractivity contribution in [3.8, 4) is 22.5 Å². The Kier molecular flexibility index (Phi) is 2.60. The SMILES string of the molecule is Nc1n[nH]c(-c2ccccc2)c1-c1ccc(=O)[nH]n1. The van der Waals surface area contributed by atoms with Crippen LogP contribution in [0.1, 0.15) is 0 Å². The minimum Gasteiger partial charge on any atom is -0.382 e. The second-order valence-corrected chi connectivity index (χ2v) is 4.03. The van der Waals surface area contributed by atoms with Crippen molar-refractivity contribution in [1.82, 2.24) is 20.4 Å². The van der Waals surface area contributed by atoms with Crippen LogP contribution in [0.25, 0.3) is 22.5 Å². The van der Waals surface area contributed by atoms with Gasteiger partial charge in [-0.3, -0.25) is 9.89 Å². The molecule has 4 N–H and O–H groups in total. The van der Waals surface area contributed by atoms with Crippen LogP contribution >= 0.6 is 0 Å². The molecule has 0 radical (unpaired) electrons. The van der Waals surface area contributed by atoms with Gasteiger partial charge in [0.05, 0.1) is 17.0 Å². The molecule has 0 aliphatic carbocycles. The Bertz CT molecular complexity index is 740. The smallest absolute Gasteiger partial charge is 0.264 e. The van der Waals surface area contributed by atoms with Gasteiger partial charge in [-0.15, -0.1) is 0 Å². The van der Waals surface area contributed by atoms with Crippen LogP contribution in [0, 0.1) is 0 Å². The summed E-state index contributed by atoms with van der Waals surface area (Å²) in [6.07, 6.45) is 0. The number of anilines is 1. The number of rotatable bonds is 2. The summed E-state index contributed by atoms with van der Waals surface area (Å²) in [5, 5.41) is 13.3. The maximum Gasteiger partial charge on any atom is 0.264 e. The third kappa shape index (κ3) is 1.99. The predicted molar refractivity (Wildman–Crippen MR) is 72.3 cm³/mol. The number of nitrogen functional groups attached to an aromatic ring is 1. The van der Waals surface area contributed by atoms with Gasteiger partial charge >= 0.3 is 0 Å². The van der Waals surface area contributed by atoms with E-state index >= 15 is 0 Å². The molecule has 3 aromatic rings. The van der Waals surface area contributed by atoms with Gasteiger partial charge in [-0.25, -0.2) is 5.10 Å². The Morgan fingerprint density at radius 3 is 2.42 bits per heavy atom. The first-order chi connectivity index (χ1) is 9.25. The highest BCUT2D eigenvalue weighted by atomic mass is 16.1. The molecule has 0 amide bonds. The fourth-order valence-corrected chi connectivity index (χ4v) is 1.91. The molecule has 2 heterocycles. The van der Waals surface area contributed by atoms with Gasteiger partial charge in [0.15, 0.2) is 5.82 Å². The summed E-state index contributed by atoms with van der Waals surface area (Å²) in [7, 11) is 0. The zero-order valence-corrected chi connectivity index (χ0v) is 9.92. The molecule has 0 saturated heterocycles. The molecule has 0 aliphatic rings. The lowest BCUT2D eigenvalue weighted by atomic mass is 10.1. The van der Waals surface area contributed by atoms with Gasteiger partial charge < -0.3 is 5.73 Å². The fourth-order valence-electron chi connectivity index (χ4n) is 1.91. The van der Waals surface area contributed by atoms with E-state index in [0.29, 0.717) is 17.1 Å². The van der Waals surface area contributed by atoms with Gasteiger partial charge in [0.1, 0.15) is 0 Å². The van der Waals surface area contributed by atoms with Crippen molar-refractivity contribution in [2.45, 2.75) is 0 Å². The number of benzene rings is 1. The maximum atomic E-state index is 11.1. The third-order valence-corrected chi connectivity index (χ3v) is 2.79. The number of hydrogen-bond donors (Lipinski definition) is 3. The van der Waals surface area contributed by atoms with Gasteiger partial charge in [0, 0.05) is 11.6 Å². The highest BCUT2D eigenvalue weighted by Crippen LogP contribution is 2.32. The summed E-state index contributed by atoms with van der Waals surface area (Å²) in [6, 6.07) is 12.7. The first-order valence-corrected chi connectivity index (χ1v) is 5.71. The lowest BCUT2D eigenvalue weighted by molar-refractivity contribution is 0.996. The second-order valence-electron chi connectivity index (χ2n) is 4.03. The zero-order chi connectivity index (χ0) is 13.2. The average molecular weight is 253 g/mol. The number of H-pyrrole nitrogens is 2. The molecule has 6 nitrogen and oxygen atoms in total. The van der Waals surface area contributed by atoms with Crippen LogP contribution < -0.4 is 11.3 Å². The molecular weight excluding hydrogens is 242 g/mol. The van der Waals surface area contributed by atoms with Gasteiger partial charge in [-0.05, 0) is 6.07 Å². The van der Waals surface area contributed by atoms with E-state index < -0.39 is 0 Å². The minimum atomic E-state index is -0.257. The van der Waals surface area contributed by atoms with Crippen molar-refractivity contribution in [3.63, 3.8) is 0 Å². The molecule has 0 spiro atoms. The van der Waals surface area contributed by atoms with Crippen LogP contribution in [-0.2, 0) is 0 Å².